The molecule has 5 atom stereocenters. The van der Waals surface area contributed by atoms with Crippen molar-refractivity contribution < 1.29 is 26.8 Å². The van der Waals surface area contributed by atoms with Crippen LogP contribution in [0.5, 0.6) is 0 Å². The molecule has 0 radical (unpaired) electrons. The molecule has 0 aliphatic carbocycles. The summed E-state index contributed by atoms with van der Waals surface area (Å²) in [7, 11) is 0. The van der Waals surface area contributed by atoms with Crippen LogP contribution >= 0.6 is 0 Å². The Hall–Kier alpha value is -2.60. The van der Waals surface area contributed by atoms with E-state index < -0.39 is 53.1 Å². The fourth-order valence-corrected chi connectivity index (χ4v) is 3.93. The van der Waals surface area contributed by atoms with Crippen molar-refractivity contribution in [1.29, 1.82) is 0 Å². The van der Waals surface area contributed by atoms with Gasteiger partial charge in [0.1, 0.15) is 18.8 Å². The quantitative estimate of drug-likeness (QED) is 0.699. The molecule has 0 bridgehead atoms. The van der Waals surface area contributed by atoms with Crippen molar-refractivity contribution in [2.45, 2.75) is 31.5 Å². The predicted octanol–water partition coefficient (Wildman–Crippen LogP) is -0.0379. The van der Waals surface area contributed by atoms with Crippen molar-refractivity contribution in [2.24, 2.45) is 0 Å². The van der Waals surface area contributed by atoms with Crippen molar-refractivity contribution in [1.82, 2.24) is 9.55 Å². The third-order valence-electron chi connectivity index (χ3n) is 4.47. The Morgan fingerprint density at radius 3 is 2.68 bits per heavy atom. The summed E-state index contributed by atoms with van der Waals surface area (Å²) in [6.45, 7) is 1.34. The number of rotatable bonds is 4. The van der Waals surface area contributed by atoms with Gasteiger partial charge in [-0.2, -0.15) is 4.21 Å². The molecule has 2 saturated heterocycles. The smallest absolute Gasteiger partial charge is 0.338 e. The van der Waals surface area contributed by atoms with Crippen LogP contribution in [0.3, 0.4) is 0 Å². The maximum Gasteiger partial charge on any atom is 0.338 e. The van der Waals surface area contributed by atoms with E-state index in [1.165, 1.54) is 13.1 Å². The number of esters is 1. The van der Waals surface area contributed by atoms with Gasteiger partial charge in [0.25, 0.3) is 5.56 Å². The molecular weight excluding hydrogens is 392 g/mol. The minimum Gasteiger partial charge on any atom is -0.459 e. The summed E-state index contributed by atoms with van der Waals surface area (Å²) in [6, 6.07) is 8.40. The molecule has 2 aromatic rings. The van der Waals surface area contributed by atoms with Crippen molar-refractivity contribution in [3.05, 3.63) is 68.5 Å². The zero-order valence-corrected chi connectivity index (χ0v) is 15.4. The Morgan fingerprint density at radius 2 is 1.93 bits per heavy atom. The Kier molecular flexibility index (Phi) is 4.98. The summed E-state index contributed by atoms with van der Waals surface area (Å²) in [5.41, 5.74) is -0.564. The van der Waals surface area contributed by atoms with Gasteiger partial charge < -0.3 is 9.47 Å². The first-order chi connectivity index (χ1) is 13.4. The lowest BCUT2D eigenvalue weighted by Gasteiger charge is -2.18. The van der Waals surface area contributed by atoms with E-state index >= 15 is 0 Å². The third-order valence-corrected chi connectivity index (χ3v) is 5.23. The van der Waals surface area contributed by atoms with E-state index in [0.29, 0.717) is 11.1 Å². The molecule has 1 N–H and O–H groups in total. The molecule has 11 heteroatoms. The van der Waals surface area contributed by atoms with Gasteiger partial charge in [0.2, 0.25) is 0 Å². The number of benzene rings is 1. The van der Waals surface area contributed by atoms with Crippen LogP contribution in [0.4, 0.5) is 0 Å². The highest BCUT2D eigenvalue weighted by Gasteiger charge is 2.54. The fourth-order valence-electron chi connectivity index (χ4n) is 3.08. The van der Waals surface area contributed by atoms with E-state index in [2.05, 4.69) is 4.98 Å². The Bertz CT molecular complexity index is 1030. The standard InChI is InChI=1S/C17H16N2O8S/c1-9-7-19(17(22)18-14(9)20)15-13-12(26-28(23)27-13)11(25-15)8-24-16(21)10-5-3-2-4-6-10/h2-7,11-13,15H,8H2,1H3,(H,18,20,22)/t11-,12-,13-,15-,28-/m1/s1. The third kappa shape index (κ3) is 3.44. The Balaban J connectivity index is 1.54. The Labute approximate surface area is 160 Å². The molecule has 28 heavy (non-hydrogen) atoms. The lowest BCUT2D eigenvalue weighted by atomic mass is 10.1. The average Bonchev–Trinajstić information content (AvgIpc) is 3.21. The highest BCUT2D eigenvalue weighted by Crippen LogP contribution is 2.38. The van der Waals surface area contributed by atoms with E-state index in [1.54, 1.807) is 30.3 Å². The van der Waals surface area contributed by atoms with Gasteiger partial charge in [0.15, 0.2) is 12.3 Å². The number of ether oxygens (including phenoxy) is 2. The molecule has 1 aromatic carbocycles. The number of H-pyrrole nitrogens is 1. The highest BCUT2D eigenvalue weighted by atomic mass is 32.2. The molecule has 148 valence electrons. The molecule has 0 spiro atoms. The van der Waals surface area contributed by atoms with Gasteiger partial charge in [0.05, 0.1) is 5.56 Å². The van der Waals surface area contributed by atoms with Crippen LogP contribution in [0.1, 0.15) is 22.1 Å². The first-order valence-electron chi connectivity index (χ1n) is 8.40. The van der Waals surface area contributed by atoms with Crippen molar-refractivity contribution in [3.8, 4) is 0 Å². The maximum atomic E-state index is 12.2. The molecule has 4 rings (SSSR count). The molecule has 3 heterocycles. The van der Waals surface area contributed by atoms with Gasteiger partial charge in [-0.25, -0.2) is 9.59 Å². The second-order valence-corrected chi connectivity index (χ2v) is 7.13. The maximum absolute atomic E-state index is 12.2. The minimum absolute atomic E-state index is 0.191. The lowest BCUT2D eigenvalue weighted by Crippen LogP contribution is -2.37. The summed E-state index contributed by atoms with van der Waals surface area (Å²) >= 11 is -2.02. The van der Waals surface area contributed by atoms with Crippen LogP contribution in [0.25, 0.3) is 0 Å². The van der Waals surface area contributed by atoms with Crippen molar-refractivity contribution in [2.75, 3.05) is 6.61 Å². The first-order valence-corrected chi connectivity index (χ1v) is 9.40. The number of hydrogen-bond donors (Lipinski definition) is 1. The number of aryl methyl sites for hydroxylation is 1. The van der Waals surface area contributed by atoms with Crippen LogP contribution in [0.2, 0.25) is 0 Å². The van der Waals surface area contributed by atoms with E-state index in [-0.39, 0.29) is 6.61 Å². The zero-order valence-electron chi connectivity index (χ0n) is 14.6. The first kappa shape index (κ1) is 18.7. The number of carbonyl (C=O) groups excluding carboxylic acids is 1. The number of carbonyl (C=O) groups is 1. The minimum atomic E-state index is -2.02. The molecule has 0 saturated carbocycles. The molecule has 2 aliphatic rings. The van der Waals surface area contributed by atoms with E-state index in [4.69, 9.17) is 17.8 Å². The Morgan fingerprint density at radius 1 is 1.21 bits per heavy atom. The normalized spacial score (nSPS) is 28.8. The number of aromatic amines is 1. The molecule has 0 amide bonds. The van der Waals surface area contributed by atoms with Gasteiger partial charge in [-0.3, -0.25) is 22.7 Å². The van der Waals surface area contributed by atoms with Gasteiger partial charge in [-0.1, -0.05) is 18.2 Å². The van der Waals surface area contributed by atoms with E-state index in [9.17, 15) is 18.6 Å². The number of nitrogens with one attached hydrogen (secondary N) is 1. The molecule has 0 unspecified atom stereocenters. The van der Waals surface area contributed by atoms with Crippen LogP contribution in [-0.4, -0.2) is 44.6 Å². The van der Waals surface area contributed by atoms with E-state index in [1.807, 2.05) is 0 Å². The number of fused-ring (bicyclic) bond motifs is 1. The average molecular weight is 408 g/mol. The summed E-state index contributed by atoms with van der Waals surface area (Å²) in [5, 5.41) is 0. The van der Waals surface area contributed by atoms with Crippen LogP contribution < -0.4 is 11.2 Å². The number of aromatic nitrogens is 2. The molecule has 2 fully saturated rings. The van der Waals surface area contributed by atoms with Crippen LogP contribution in [0.15, 0.2) is 46.1 Å². The predicted molar refractivity (Wildman–Crippen MR) is 94.6 cm³/mol. The second-order valence-electron chi connectivity index (χ2n) is 6.33. The topological polar surface area (TPSA) is 126 Å². The summed E-state index contributed by atoms with van der Waals surface area (Å²) in [5.74, 6) is -0.554. The molecular formula is C17H16N2O8S. The summed E-state index contributed by atoms with van der Waals surface area (Å²) in [6.07, 6.45) is -2.17. The SMILES string of the molecule is Cc1cn([C@@H]2O[C@H](COC(=O)c3ccccc3)[C@H]3O[S@@](=O)O[C@H]32)c(=O)[nH]c1=O. The molecule has 2 aliphatic heterocycles. The zero-order chi connectivity index (χ0) is 19.8. The highest BCUT2D eigenvalue weighted by molar-refractivity contribution is 7.75. The lowest BCUT2D eigenvalue weighted by molar-refractivity contribution is -0.0613. The molecule has 1 aromatic heterocycles. The van der Waals surface area contributed by atoms with E-state index in [0.717, 1.165) is 4.57 Å². The van der Waals surface area contributed by atoms with Crippen LogP contribution in [0, 0.1) is 6.92 Å². The van der Waals surface area contributed by atoms with Gasteiger partial charge in [0, 0.05) is 11.8 Å². The fraction of sp³-hybridized carbons (Fsp3) is 0.353. The summed E-state index contributed by atoms with van der Waals surface area (Å²) in [4.78, 5) is 38.1. The van der Waals surface area contributed by atoms with Crippen LogP contribution in [-0.2, 0) is 29.2 Å². The second kappa shape index (κ2) is 7.43. The van der Waals surface area contributed by atoms with Gasteiger partial charge in [-0.05, 0) is 19.1 Å². The largest absolute Gasteiger partial charge is 0.459 e. The van der Waals surface area contributed by atoms with Crippen molar-refractivity contribution >= 4 is 17.3 Å². The molecule has 10 nitrogen and oxygen atoms in total. The summed E-state index contributed by atoms with van der Waals surface area (Å²) < 4.78 is 34.4. The number of nitrogens with zero attached hydrogens (tertiary/aromatic N) is 1. The van der Waals surface area contributed by atoms with Gasteiger partial charge >= 0.3 is 23.0 Å². The van der Waals surface area contributed by atoms with Crippen molar-refractivity contribution in [3.63, 3.8) is 0 Å². The monoisotopic (exact) mass is 408 g/mol. The van der Waals surface area contributed by atoms with Gasteiger partial charge in [-0.15, -0.1) is 0 Å². The number of hydrogen-bond acceptors (Lipinski definition) is 8.